The molecule has 0 atom stereocenters. The minimum atomic E-state index is 0.688. The smallest absolute Gasteiger partial charge is 0.233 e. The largest absolute Gasteiger partial charge is 0.398 e. The van der Waals surface area contributed by atoms with Crippen LogP contribution in [-0.2, 0) is 5.75 Å². The molecule has 0 spiro atoms. The predicted molar refractivity (Wildman–Crippen MR) is 78.4 cm³/mol. The second-order valence-electron chi connectivity index (χ2n) is 4.03. The van der Waals surface area contributed by atoms with Gasteiger partial charge in [0.15, 0.2) is 0 Å². The first kappa shape index (κ1) is 12.3. The van der Waals surface area contributed by atoms with Crippen LogP contribution >= 0.6 is 23.4 Å². The molecular weight excluding hydrogens is 280 g/mol. The standard InChI is InChI=1S/C13H11ClN4S/c14-9-2-3-11(15)12(6-9)19-8-10-7-18-5-1-4-16-13(18)17-10/h1-7H,8,15H2. The summed E-state index contributed by atoms with van der Waals surface area (Å²) >= 11 is 7.58. The normalized spacial score (nSPS) is 11.0. The third-order valence-electron chi connectivity index (χ3n) is 2.64. The van der Waals surface area contributed by atoms with Gasteiger partial charge in [-0.05, 0) is 24.3 Å². The Morgan fingerprint density at radius 1 is 1.37 bits per heavy atom. The maximum atomic E-state index is 5.96. The summed E-state index contributed by atoms with van der Waals surface area (Å²) in [7, 11) is 0. The van der Waals surface area contributed by atoms with E-state index in [0.717, 1.165) is 22.0 Å². The van der Waals surface area contributed by atoms with Crippen LogP contribution in [0.1, 0.15) is 5.69 Å². The van der Waals surface area contributed by atoms with Crippen molar-refractivity contribution in [1.29, 1.82) is 0 Å². The van der Waals surface area contributed by atoms with E-state index >= 15 is 0 Å². The zero-order valence-electron chi connectivity index (χ0n) is 9.95. The fraction of sp³-hybridized carbons (Fsp3) is 0.0769. The molecule has 4 nitrogen and oxygen atoms in total. The number of thioether (sulfide) groups is 1. The lowest BCUT2D eigenvalue weighted by atomic mass is 10.3. The molecule has 0 saturated carbocycles. The molecule has 0 aliphatic rings. The van der Waals surface area contributed by atoms with Crippen LogP contribution in [0.2, 0.25) is 5.02 Å². The van der Waals surface area contributed by atoms with Gasteiger partial charge in [0.2, 0.25) is 5.78 Å². The second-order valence-corrected chi connectivity index (χ2v) is 5.48. The van der Waals surface area contributed by atoms with Crippen molar-refractivity contribution in [3.05, 3.63) is 53.6 Å². The van der Waals surface area contributed by atoms with Gasteiger partial charge in [-0.1, -0.05) is 11.6 Å². The number of nitrogen functional groups attached to an aromatic ring is 1. The highest BCUT2D eigenvalue weighted by Crippen LogP contribution is 2.30. The lowest BCUT2D eigenvalue weighted by molar-refractivity contribution is 1.11. The van der Waals surface area contributed by atoms with Crippen LogP contribution in [0.4, 0.5) is 5.69 Å². The van der Waals surface area contributed by atoms with Crippen molar-refractivity contribution in [1.82, 2.24) is 14.4 Å². The minimum absolute atomic E-state index is 0.688. The fourth-order valence-corrected chi connectivity index (χ4v) is 2.86. The Morgan fingerprint density at radius 3 is 3.11 bits per heavy atom. The average molecular weight is 291 g/mol. The van der Waals surface area contributed by atoms with Gasteiger partial charge in [-0.15, -0.1) is 11.8 Å². The number of hydrogen-bond acceptors (Lipinski definition) is 4. The number of rotatable bonds is 3. The zero-order chi connectivity index (χ0) is 13.2. The van der Waals surface area contributed by atoms with Gasteiger partial charge in [-0.2, -0.15) is 0 Å². The van der Waals surface area contributed by atoms with Crippen molar-refractivity contribution >= 4 is 34.8 Å². The van der Waals surface area contributed by atoms with Crippen LogP contribution in [0.15, 0.2) is 47.8 Å². The molecule has 0 fully saturated rings. The molecule has 0 aliphatic carbocycles. The van der Waals surface area contributed by atoms with Crippen molar-refractivity contribution in [2.45, 2.75) is 10.6 Å². The van der Waals surface area contributed by atoms with Gasteiger partial charge in [0, 0.05) is 39.9 Å². The van der Waals surface area contributed by atoms with Crippen LogP contribution in [0.5, 0.6) is 0 Å². The van der Waals surface area contributed by atoms with E-state index in [1.54, 1.807) is 24.0 Å². The Hall–Kier alpha value is -1.72. The molecule has 0 radical (unpaired) electrons. The molecule has 0 amide bonds. The number of benzene rings is 1. The van der Waals surface area contributed by atoms with Crippen molar-refractivity contribution in [3.63, 3.8) is 0 Å². The third kappa shape index (κ3) is 2.67. The highest BCUT2D eigenvalue weighted by Gasteiger charge is 2.05. The summed E-state index contributed by atoms with van der Waals surface area (Å²) in [4.78, 5) is 9.59. The van der Waals surface area contributed by atoms with Crippen molar-refractivity contribution in [2.24, 2.45) is 0 Å². The molecule has 6 heteroatoms. The zero-order valence-corrected chi connectivity index (χ0v) is 11.5. The quantitative estimate of drug-likeness (QED) is 0.594. The van der Waals surface area contributed by atoms with E-state index in [1.807, 2.05) is 35.0 Å². The molecule has 2 N–H and O–H groups in total. The summed E-state index contributed by atoms with van der Waals surface area (Å²) < 4.78 is 1.90. The molecule has 1 aromatic carbocycles. The lowest BCUT2D eigenvalue weighted by Gasteiger charge is -2.04. The summed E-state index contributed by atoms with van der Waals surface area (Å²) in [6, 6.07) is 7.35. The Morgan fingerprint density at radius 2 is 2.26 bits per heavy atom. The molecular formula is C13H11ClN4S. The molecule has 0 aliphatic heterocycles. The van der Waals surface area contributed by atoms with E-state index in [9.17, 15) is 0 Å². The highest BCUT2D eigenvalue weighted by atomic mass is 35.5. The molecule has 2 aromatic heterocycles. The first-order valence-electron chi connectivity index (χ1n) is 5.69. The summed E-state index contributed by atoms with van der Waals surface area (Å²) in [6.07, 6.45) is 5.63. The summed E-state index contributed by atoms with van der Waals surface area (Å²) in [5.74, 6) is 1.44. The number of fused-ring (bicyclic) bond motifs is 1. The molecule has 3 rings (SSSR count). The van der Waals surface area contributed by atoms with Gasteiger partial charge >= 0.3 is 0 Å². The first-order chi connectivity index (χ1) is 9.22. The first-order valence-corrected chi connectivity index (χ1v) is 7.05. The lowest BCUT2D eigenvalue weighted by Crippen LogP contribution is -1.89. The number of aromatic nitrogens is 3. The van der Waals surface area contributed by atoms with Crippen molar-refractivity contribution in [2.75, 3.05) is 5.73 Å². The summed E-state index contributed by atoms with van der Waals surface area (Å²) in [5, 5.41) is 0.688. The maximum absolute atomic E-state index is 5.96. The molecule has 3 aromatic rings. The third-order valence-corrected chi connectivity index (χ3v) is 3.98. The number of halogens is 1. The molecule has 96 valence electrons. The van der Waals surface area contributed by atoms with Crippen LogP contribution in [0.25, 0.3) is 5.78 Å². The van der Waals surface area contributed by atoms with E-state index in [-0.39, 0.29) is 0 Å². The Kier molecular flexibility index (Phi) is 3.31. The average Bonchev–Trinajstić information content (AvgIpc) is 2.82. The highest BCUT2D eigenvalue weighted by molar-refractivity contribution is 7.98. The van der Waals surface area contributed by atoms with E-state index in [4.69, 9.17) is 17.3 Å². The molecule has 0 saturated heterocycles. The van der Waals surface area contributed by atoms with Gasteiger partial charge in [0.25, 0.3) is 0 Å². The monoisotopic (exact) mass is 290 g/mol. The van der Waals surface area contributed by atoms with E-state index < -0.39 is 0 Å². The summed E-state index contributed by atoms with van der Waals surface area (Å²) in [5.41, 5.74) is 7.61. The molecule has 2 heterocycles. The van der Waals surface area contributed by atoms with Crippen molar-refractivity contribution < 1.29 is 0 Å². The van der Waals surface area contributed by atoms with Gasteiger partial charge in [-0.25, -0.2) is 9.97 Å². The van der Waals surface area contributed by atoms with Gasteiger partial charge in [0.1, 0.15) is 0 Å². The number of hydrogen-bond donors (Lipinski definition) is 1. The van der Waals surface area contributed by atoms with Crippen LogP contribution in [0.3, 0.4) is 0 Å². The summed E-state index contributed by atoms with van der Waals surface area (Å²) in [6.45, 7) is 0. The minimum Gasteiger partial charge on any atom is -0.398 e. The van der Waals surface area contributed by atoms with Crippen molar-refractivity contribution in [3.8, 4) is 0 Å². The number of nitrogens with two attached hydrogens (primary N) is 1. The Labute approximate surface area is 119 Å². The Balaban J connectivity index is 1.80. The molecule has 0 bridgehead atoms. The van der Waals surface area contributed by atoms with Crippen LogP contribution < -0.4 is 5.73 Å². The Bertz CT molecular complexity index is 692. The maximum Gasteiger partial charge on any atom is 0.233 e. The second kappa shape index (κ2) is 5.11. The fourth-order valence-electron chi connectivity index (χ4n) is 1.73. The number of imidazole rings is 1. The molecule has 0 unspecified atom stereocenters. The SMILES string of the molecule is Nc1ccc(Cl)cc1SCc1cn2cccnc2n1. The van der Waals surface area contributed by atoms with Gasteiger partial charge in [0.05, 0.1) is 5.69 Å². The van der Waals surface area contributed by atoms with Crippen LogP contribution in [-0.4, -0.2) is 14.4 Å². The number of anilines is 1. The van der Waals surface area contributed by atoms with Gasteiger partial charge < -0.3 is 5.73 Å². The molecule has 19 heavy (non-hydrogen) atoms. The van der Waals surface area contributed by atoms with E-state index in [2.05, 4.69) is 9.97 Å². The van der Waals surface area contributed by atoms with Crippen LogP contribution in [0, 0.1) is 0 Å². The van der Waals surface area contributed by atoms with Gasteiger partial charge in [-0.3, -0.25) is 4.40 Å². The number of nitrogens with zero attached hydrogens (tertiary/aromatic N) is 3. The topological polar surface area (TPSA) is 56.2 Å². The van der Waals surface area contributed by atoms with E-state index in [0.29, 0.717) is 10.8 Å². The van der Waals surface area contributed by atoms with E-state index in [1.165, 1.54) is 0 Å². The predicted octanol–water partition coefficient (Wildman–Crippen LogP) is 3.26.